The molecule has 4 nitrogen and oxygen atoms in total. The van der Waals surface area contributed by atoms with Crippen molar-refractivity contribution in [3.05, 3.63) is 275 Å². The third-order valence-electron chi connectivity index (χ3n) is 17.5. The summed E-state index contributed by atoms with van der Waals surface area (Å²) in [5.41, 5.74) is 11.3. The zero-order valence-electron chi connectivity index (χ0n) is 48.2. The Bertz CT molecular complexity index is 4010. The average molecular weight is 1150 g/mol. The molecule has 0 saturated heterocycles. The molecule has 12 rings (SSSR count). The molecule has 12 aromatic carbocycles. The minimum absolute atomic E-state index is 0. The molecule has 0 bridgehead atoms. The number of aryl methyl sites for hydroxylation is 8. The van der Waals surface area contributed by atoms with Crippen molar-refractivity contribution in [2.24, 2.45) is 0 Å². The summed E-state index contributed by atoms with van der Waals surface area (Å²) >= 11 is 0. The van der Waals surface area contributed by atoms with Gasteiger partial charge in [-0.3, -0.25) is 0 Å². The van der Waals surface area contributed by atoms with Crippen LogP contribution in [0.5, 0.6) is 23.0 Å². The van der Waals surface area contributed by atoms with Crippen LogP contribution in [0.25, 0.3) is 54.9 Å². The summed E-state index contributed by atoms with van der Waals surface area (Å²) in [4.78, 5) is 0. The number of rotatable bonds is 11. The van der Waals surface area contributed by atoms with Crippen LogP contribution in [0, 0.1) is 55.4 Å². The Morgan fingerprint density at radius 3 is 0.735 bits per heavy atom. The minimum Gasteiger partial charge on any atom is -0.507 e. The summed E-state index contributed by atoms with van der Waals surface area (Å²) in [6.07, 6.45) is 0. The summed E-state index contributed by atoms with van der Waals surface area (Å²) in [5.74, 6) is 0.00841. The third kappa shape index (κ3) is 9.08. The number of fused-ring (bicyclic) bond motifs is 2. The van der Waals surface area contributed by atoms with Gasteiger partial charge in [-0.05, 0) is 143 Å². The van der Waals surface area contributed by atoms with Crippen LogP contribution in [0.3, 0.4) is 0 Å². The molecular formula is C76H66O4Si2Ti. The van der Waals surface area contributed by atoms with Crippen LogP contribution in [0.4, 0.5) is 0 Å². The van der Waals surface area contributed by atoms with Gasteiger partial charge < -0.3 is 20.4 Å². The van der Waals surface area contributed by atoms with Crippen molar-refractivity contribution >= 4 is 79.2 Å². The fourth-order valence-electron chi connectivity index (χ4n) is 13.8. The van der Waals surface area contributed by atoms with E-state index in [-0.39, 0.29) is 44.7 Å². The standard InChI is InChI=1S/C76H66O4Si2.Ti/c1-47-41-59(73(77)69(43-47)81(63-35-19-9-25-49(63)3,64-36-20-10-26-50(64)4)65-37-21-11-27-51(65)5)61-45-55-31-15-17-33-57(55)71(75(61)79)72-58-34-18-16-32-56(58)46-62(76(72)80)60-42-48(2)44-70(74(60)78)82(66-38-22-12-28-52(66)6,67-39-23-13-29-53(67)7)68-40-24-14-30-54(68)8;/h9-46,77-80H,1-8H3;. The van der Waals surface area contributed by atoms with E-state index in [0.717, 1.165) is 76.4 Å². The monoisotopic (exact) mass is 1150 g/mol. The van der Waals surface area contributed by atoms with Gasteiger partial charge in [-0.25, -0.2) is 0 Å². The zero-order chi connectivity index (χ0) is 57.2. The van der Waals surface area contributed by atoms with E-state index in [1.165, 1.54) is 31.1 Å². The normalized spacial score (nSPS) is 11.7. The van der Waals surface area contributed by atoms with Gasteiger partial charge in [0, 0.05) is 55.1 Å². The van der Waals surface area contributed by atoms with Crippen molar-refractivity contribution in [3.8, 4) is 56.4 Å². The van der Waals surface area contributed by atoms with Gasteiger partial charge in [0.05, 0.1) is 0 Å². The number of phenolic OH excluding ortho intramolecular Hbond substituents is 4. The van der Waals surface area contributed by atoms with Crippen molar-refractivity contribution in [1.29, 1.82) is 0 Å². The van der Waals surface area contributed by atoms with Gasteiger partial charge in [-0.15, -0.1) is 0 Å². The molecule has 0 amide bonds. The minimum atomic E-state index is -3.41. The predicted molar refractivity (Wildman–Crippen MR) is 350 cm³/mol. The van der Waals surface area contributed by atoms with Gasteiger partial charge >= 0.3 is 0 Å². The second kappa shape index (κ2) is 22.3. The van der Waals surface area contributed by atoms with Gasteiger partial charge in [0.15, 0.2) is 16.1 Å². The smallest absolute Gasteiger partial charge is 0.184 e. The predicted octanol–water partition coefficient (Wildman–Crippen LogP) is 13.0. The third-order valence-corrected chi connectivity index (χ3v) is 28.1. The van der Waals surface area contributed by atoms with Crippen molar-refractivity contribution < 1.29 is 42.1 Å². The SMILES string of the molecule is Cc1cc(-c2cc3ccccc3c(-c3c(O)c(-c4cc(C)cc([Si](c5ccccc5C)(c5ccccc5C)c5ccccc5C)c4O)cc4ccccc34)c2O)c(O)c([Si](c2ccccc2C)(c2ccccc2C)c2ccccc2C)c1.[Ti]. The van der Waals surface area contributed by atoms with Crippen LogP contribution >= 0.6 is 0 Å². The molecular weight excluding hydrogens is 1080 g/mol. The summed E-state index contributed by atoms with van der Waals surface area (Å²) in [6, 6.07) is 79.6. The number of phenols is 4. The average Bonchev–Trinajstić information content (AvgIpc) is 1.46. The largest absolute Gasteiger partial charge is 0.507 e. The van der Waals surface area contributed by atoms with Crippen molar-refractivity contribution in [2.75, 3.05) is 0 Å². The van der Waals surface area contributed by atoms with Crippen molar-refractivity contribution in [1.82, 2.24) is 0 Å². The van der Waals surface area contributed by atoms with E-state index in [0.29, 0.717) is 33.4 Å². The van der Waals surface area contributed by atoms with E-state index >= 15 is 0 Å². The summed E-state index contributed by atoms with van der Waals surface area (Å²) in [6.45, 7) is 17.1. The molecule has 0 aliphatic rings. The Balaban J connectivity index is 0.00000721. The van der Waals surface area contributed by atoms with E-state index in [9.17, 15) is 20.4 Å². The summed E-state index contributed by atoms with van der Waals surface area (Å²) < 4.78 is 0. The molecule has 0 heterocycles. The molecule has 0 fully saturated rings. The second-order valence-electron chi connectivity index (χ2n) is 22.5. The van der Waals surface area contributed by atoms with Gasteiger partial charge in [-0.2, -0.15) is 0 Å². The van der Waals surface area contributed by atoms with Gasteiger partial charge in [0.25, 0.3) is 0 Å². The van der Waals surface area contributed by atoms with E-state index in [1.54, 1.807) is 0 Å². The first-order chi connectivity index (χ1) is 39.7. The molecule has 0 aromatic heterocycles. The molecule has 0 atom stereocenters. The molecule has 0 aliphatic carbocycles. The molecule has 0 aliphatic heterocycles. The first kappa shape index (κ1) is 56.4. The summed E-state index contributed by atoms with van der Waals surface area (Å²) in [5, 5.41) is 66.1. The first-order valence-electron chi connectivity index (χ1n) is 28.2. The first-order valence-corrected chi connectivity index (χ1v) is 32.2. The molecule has 7 heteroatoms. The quantitative estimate of drug-likeness (QED) is 0.0768. The molecule has 83 heavy (non-hydrogen) atoms. The van der Waals surface area contributed by atoms with E-state index < -0.39 is 16.1 Å². The van der Waals surface area contributed by atoms with Gasteiger partial charge in [0.2, 0.25) is 0 Å². The van der Waals surface area contributed by atoms with Gasteiger partial charge in [-0.1, -0.05) is 251 Å². The molecule has 0 spiro atoms. The molecule has 0 saturated carbocycles. The Kier molecular flexibility index (Phi) is 15.2. The fourth-order valence-corrected chi connectivity index (χ4v) is 25.3. The topological polar surface area (TPSA) is 80.9 Å². The maximum Gasteiger partial charge on any atom is 0.184 e. The van der Waals surface area contributed by atoms with Crippen LogP contribution in [-0.4, -0.2) is 36.6 Å². The van der Waals surface area contributed by atoms with Crippen LogP contribution < -0.4 is 41.5 Å². The number of benzene rings is 12. The fraction of sp³-hybridized carbons (Fsp3) is 0.105. The maximum absolute atomic E-state index is 13.6. The Morgan fingerprint density at radius 2 is 0.470 bits per heavy atom. The molecule has 0 radical (unpaired) electrons. The van der Waals surface area contributed by atoms with Crippen LogP contribution in [0.15, 0.2) is 231 Å². The van der Waals surface area contributed by atoms with Crippen LogP contribution in [0.2, 0.25) is 0 Å². The van der Waals surface area contributed by atoms with Crippen LogP contribution in [-0.2, 0) is 21.7 Å². The number of hydrogen-bond donors (Lipinski definition) is 4. The number of aromatic hydroxyl groups is 4. The molecule has 406 valence electrons. The molecule has 12 aromatic rings. The Morgan fingerprint density at radius 1 is 0.241 bits per heavy atom. The van der Waals surface area contributed by atoms with E-state index in [2.05, 4.69) is 213 Å². The maximum atomic E-state index is 13.6. The second-order valence-corrected chi connectivity index (χ2v) is 29.9. The number of hydrogen-bond acceptors (Lipinski definition) is 4. The summed E-state index contributed by atoms with van der Waals surface area (Å²) in [7, 11) is -6.82. The molecule has 0 unspecified atom stereocenters. The molecule has 4 N–H and O–H groups in total. The van der Waals surface area contributed by atoms with Gasteiger partial charge in [0.1, 0.15) is 23.0 Å². The van der Waals surface area contributed by atoms with E-state index in [1.807, 2.05) is 72.8 Å². The Hall–Kier alpha value is -8.49. The van der Waals surface area contributed by atoms with Crippen molar-refractivity contribution in [3.63, 3.8) is 0 Å². The van der Waals surface area contributed by atoms with E-state index in [4.69, 9.17) is 0 Å². The Labute approximate surface area is 504 Å². The van der Waals surface area contributed by atoms with Crippen molar-refractivity contribution in [2.45, 2.75) is 55.4 Å². The zero-order valence-corrected chi connectivity index (χ0v) is 51.8. The van der Waals surface area contributed by atoms with Crippen LogP contribution in [0.1, 0.15) is 44.5 Å².